The molecule has 0 aromatic carbocycles. The van der Waals surface area contributed by atoms with Crippen molar-refractivity contribution in [3.8, 4) is 0 Å². The molecule has 0 atom stereocenters. The summed E-state index contributed by atoms with van der Waals surface area (Å²) in [5, 5.41) is 17.8. The zero-order chi connectivity index (χ0) is 12.3. The van der Waals surface area contributed by atoms with Crippen LogP contribution in [0, 0.1) is 0 Å². The molecular weight excluding hydrogens is 264 g/mol. The lowest BCUT2D eigenvalue weighted by Crippen LogP contribution is -2.26. The summed E-state index contributed by atoms with van der Waals surface area (Å²) in [6.45, 7) is 0.461. The van der Waals surface area contributed by atoms with Gasteiger partial charge in [-0.05, 0) is 11.6 Å². The van der Waals surface area contributed by atoms with E-state index in [1.807, 2.05) is 7.05 Å². The first-order valence-corrected chi connectivity index (χ1v) is 5.96. The van der Waals surface area contributed by atoms with Crippen molar-refractivity contribution >= 4 is 28.8 Å². The average Bonchev–Trinajstić information content (AvgIpc) is 2.88. The highest BCUT2D eigenvalue weighted by molar-refractivity contribution is 7.17. The van der Waals surface area contributed by atoms with Gasteiger partial charge in [-0.2, -0.15) is 0 Å². The van der Waals surface area contributed by atoms with Crippen LogP contribution >= 0.6 is 22.9 Å². The van der Waals surface area contributed by atoms with Crippen molar-refractivity contribution in [2.24, 2.45) is 7.05 Å². The first-order chi connectivity index (χ1) is 8.16. The van der Waals surface area contributed by atoms with Gasteiger partial charge in [0, 0.05) is 20.0 Å². The van der Waals surface area contributed by atoms with E-state index in [0.717, 1.165) is 17.2 Å². The van der Waals surface area contributed by atoms with Crippen LogP contribution in [0.1, 0.15) is 15.6 Å². The fourth-order valence-electron chi connectivity index (χ4n) is 1.19. The molecule has 9 heteroatoms. The highest BCUT2D eigenvalue weighted by Crippen LogP contribution is 2.14. The van der Waals surface area contributed by atoms with E-state index in [0.29, 0.717) is 13.0 Å². The van der Waals surface area contributed by atoms with Gasteiger partial charge in [0.25, 0.3) is 5.91 Å². The van der Waals surface area contributed by atoms with Gasteiger partial charge in [0.2, 0.25) is 9.47 Å². The van der Waals surface area contributed by atoms with E-state index in [2.05, 4.69) is 25.7 Å². The zero-order valence-corrected chi connectivity index (χ0v) is 10.5. The van der Waals surface area contributed by atoms with Crippen LogP contribution in [0.5, 0.6) is 0 Å². The maximum absolute atomic E-state index is 11.6. The lowest BCUT2D eigenvalue weighted by Gasteiger charge is -2.01. The number of nitrogens with one attached hydrogen (secondary N) is 1. The molecule has 17 heavy (non-hydrogen) atoms. The fourth-order valence-corrected chi connectivity index (χ4v) is 1.94. The summed E-state index contributed by atoms with van der Waals surface area (Å²) in [5.74, 6) is 0.525. The Morgan fingerprint density at radius 2 is 2.35 bits per heavy atom. The lowest BCUT2D eigenvalue weighted by molar-refractivity contribution is 0.0953. The van der Waals surface area contributed by atoms with Gasteiger partial charge in [-0.1, -0.05) is 11.3 Å². The van der Waals surface area contributed by atoms with Gasteiger partial charge in [0.05, 0.1) is 0 Å². The van der Waals surface area contributed by atoms with Gasteiger partial charge in [0.15, 0.2) is 0 Å². The third kappa shape index (κ3) is 2.98. The number of aromatic nitrogens is 5. The van der Waals surface area contributed by atoms with Crippen LogP contribution < -0.4 is 5.32 Å². The van der Waals surface area contributed by atoms with E-state index in [1.165, 1.54) is 0 Å². The van der Waals surface area contributed by atoms with Crippen LogP contribution in [0.2, 0.25) is 4.47 Å². The number of carbonyl (C=O) groups excluding carboxylic acids is 1. The summed E-state index contributed by atoms with van der Waals surface area (Å²) in [5.41, 5.74) is 0. The Morgan fingerprint density at radius 3 is 2.94 bits per heavy atom. The zero-order valence-electron chi connectivity index (χ0n) is 8.92. The molecule has 0 aliphatic rings. The van der Waals surface area contributed by atoms with Crippen LogP contribution in [0.15, 0.2) is 6.33 Å². The molecule has 0 fully saturated rings. The highest BCUT2D eigenvalue weighted by atomic mass is 35.5. The van der Waals surface area contributed by atoms with E-state index < -0.39 is 0 Å². The Hall–Kier alpha value is -1.54. The topological polar surface area (TPSA) is 85.6 Å². The van der Waals surface area contributed by atoms with E-state index in [-0.39, 0.29) is 15.4 Å². The van der Waals surface area contributed by atoms with Crippen LogP contribution in [0.3, 0.4) is 0 Å². The number of amides is 1. The number of rotatable bonds is 4. The summed E-state index contributed by atoms with van der Waals surface area (Å²) >= 11 is 6.63. The highest BCUT2D eigenvalue weighted by Gasteiger charge is 2.11. The summed E-state index contributed by atoms with van der Waals surface area (Å²) in [7, 11) is 1.85. The summed E-state index contributed by atoms with van der Waals surface area (Å²) in [4.78, 5) is 11.6. The first kappa shape index (κ1) is 11.9. The second kappa shape index (κ2) is 5.19. The number of halogens is 1. The van der Waals surface area contributed by atoms with E-state index >= 15 is 0 Å². The smallest absolute Gasteiger partial charge is 0.282 e. The predicted octanol–water partition coefficient (Wildman–Crippen LogP) is 0.292. The first-order valence-electron chi connectivity index (χ1n) is 4.77. The van der Waals surface area contributed by atoms with Gasteiger partial charge in [0.1, 0.15) is 12.2 Å². The Balaban J connectivity index is 1.83. The molecule has 0 bridgehead atoms. The van der Waals surface area contributed by atoms with Crippen LogP contribution in [0.4, 0.5) is 0 Å². The molecule has 1 amide bonds. The van der Waals surface area contributed by atoms with Crippen molar-refractivity contribution in [3.63, 3.8) is 0 Å². The van der Waals surface area contributed by atoms with E-state index in [9.17, 15) is 4.79 Å². The minimum Gasteiger partial charge on any atom is -0.349 e. The maximum Gasteiger partial charge on any atom is 0.282 e. The van der Waals surface area contributed by atoms with Gasteiger partial charge in [-0.3, -0.25) is 4.79 Å². The molecule has 0 saturated heterocycles. The molecule has 90 valence electrons. The Morgan fingerprint density at radius 1 is 1.53 bits per heavy atom. The molecule has 2 aromatic heterocycles. The second-order valence-corrected chi connectivity index (χ2v) is 4.78. The number of nitrogens with zero attached hydrogens (tertiary/aromatic N) is 5. The standard InChI is InChI=1S/C8H9ClN6OS/c1-15-4-11-12-5(15)2-3-10-6(16)7-13-14-8(9)17-7/h4H,2-3H2,1H3,(H,10,16). The van der Waals surface area contributed by atoms with E-state index in [4.69, 9.17) is 11.6 Å². The molecule has 2 aromatic rings. The largest absolute Gasteiger partial charge is 0.349 e. The van der Waals surface area contributed by atoms with Gasteiger partial charge in [-0.25, -0.2) is 0 Å². The summed E-state index contributed by atoms with van der Waals surface area (Å²) < 4.78 is 2.05. The monoisotopic (exact) mass is 272 g/mol. The van der Waals surface area contributed by atoms with Crippen molar-refractivity contribution in [1.82, 2.24) is 30.3 Å². The second-order valence-electron chi connectivity index (χ2n) is 3.22. The molecule has 0 aliphatic carbocycles. The number of hydrogen-bond acceptors (Lipinski definition) is 6. The SMILES string of the molecule is Cn1cnnc1CCNC(=O)c1nnc(Cl)s1. The van der Waals surface area contributed by atoms with Crippen molar-refractivity contribution < 1.29 is 4.79 Å². The Labute approximate surface area is 106 Å². The van der Waals surface area contributed by atoms with Crippen molar-refractivity contribution in [2.75, 3.05) is 6.54 Å². The van der Waals surface area contributed by atoms with Crippen molar-refractivity contribution in [1.29, 1.82) is 0 Å². The molecule has 0 spiro atoms. The lowest BCUT2D eigenvalue weighted by atomic mass is 10.4. The third-order valence-corrected chi connectivity index (χ3v) is 3.05. The number of carbonyl (C=O) groups is 1. The quantitative estimate of drug-likeness (QED) is 0.865. The molecule has 7 nitrogen and oxygen atoms in total. The van der Waals surface area contributed by atoms with Crippen LogP contribution in [-0.4, -0.2) is 37.4 Å². The molecule has 2 rings (SSSR count). The molecule has 0 saturated carbocycles. The summed E-state index contributed by atoms with van der Waals surface area (Å²) in [6.07, 6.45) is 2.22. The van der Waals surface area contributed by atoms with Gasteiger partial charge in [-0.15, -0.1) is 20.4 Å². The number of aryl methyl sites for hydroxylation is 1. The summed E-state index contributed by atoms with van der Waals surface area (Å²) in [6, 6.07) is 0. The normalized spacial score (nSPS) is 10.5. The Kier molecular flexibility index (Phi) is 3.64. The molecule has 1 N–H and O–H groups in total. The molecular formula is C8H9ClN6OS. The van der Waals surface area contributed by atoms with Crippen molar-refractivity contribution in [2.45, 2.75) is 6.42 Å². The minimum atomic E-state index is -0.281. The van der Waals surface area contributed by atoms with E-state index in [1.54, 1.807) is 10.9 Å². The van der Waals surface area contributed by atoms with Crippen LogP contribution in [0.25, 0.3) is 0 Å². The predicted molar refractivity (Wildman–Crippen MR) is 62.0 cm³/mol. The minimum absolute atomic E-state index is 0.253. The molecule has 0 aliphatic heterocycles. The average molecular weight is 273 g/mol. The molecule has 0 unspecified atom stereocenters. The van der Waals surface area contributed by atoms with Crippen molar-refractivity contribution in [3.05, 3.63) is 21.6 Å². The fraction of sp³-hybridized carbons (Fsp3) is 0.375. The van der Waals surface area contributed by atoms with Crippen LogP contribution in [-0.2, 0) is 13.5 Å². The molecule has 0 radical (unpaired) electrons. The number of hydrogen-bond donors (Lipinski definition) is 1. The van der Waals surface area contributed by atoms with Gasteiger partial charge >= 0.3 is 0 Å². The molecule has 2 heterocycles. The third-order valence-electron chi connectivity index (χ3n) is 2.03. The van der Waals surface area contributed by atoms with Gasteiger partial charge < -0.3 is 9.88 Å². The maximum atomic E-state index is 11.6. The Bertz CT molecular complexity index is 524.